The minimum absolute atomic E-state index is 0.100. The molecule has 0 atom stereocenters. The Hall–Kier alpha value is -4.59. The summed E-state index contributed by atoms with van der Waals surface area (Å²) in [6, 6.07) is 11.3. The van der Waals surface area contributed by atoms with E-state index in [1.165, 1.54) is 12.1 Å². The fourth-order valence-electron chi connectivity index (χ4n) is 4.09. The molecule has 12 heteroatoms. The summed E-state index contributed by atoms with van der Waals surface area (Å²) in [5.41, 5.74) is 10.8. The van der Waals surface area contributed by atoms with Crippen molar-refractivity contribution in [3.8, 4) is 23.2 Å². The van der Waals surface area contributed by atoms with Gasteiger partial charge in [0.2, 0.25) is 5.95 Å². The second kappa shape index (κ2) is 10.4. The smallest absolute Gasteiger partial charge is 0.323 e. The maximum absolute atomic E-state index is 12.4. The van der Waals surface area contributed by atoms with Gasteiger partial charge in [-0.3, -0.25) is 4.79 Å². The highest BCUT2D eigenvalue weighted by atomic mass is 35.5. The summed E-state index contributed by atoms with van der Waals surface area (Å²) in [5, 5.41) is 8.58. The molecule has 10 nitrogen and oxygen atoms in total. The highest BCUT2D eigenvalue weighted by molar-refractivity contribution is 6.33. The first kappa shape index (κ1) is 25.1. The van der Waals surface area contributed by atoms with Gasteiger partial charge < -0.3 is 26.3 Å². The van der Waals surface area contributed by atoms with Crippen LogP contribution in [0.2, 0.25) is 10.3 Å². The number of pyridine rings is 1. The number of amides is 3. The van der Waals surface area contributed by atoms with Crippen LogP contribution < -0.4 is 21.7 Å². The van der Waals surface area contributed by atoms with Gasteiger partial charge >= 0.3 is 6.03 Å². The molecule has 38 heavy (non-hydrogen) atoms. The van der Waals surface area contributed by atoms with E-state index >= 15 is 0 Å². The summed E-state index contributed by atoms with van der Waals surface area (Å²) in [6.07, 6.45) is 2.27. The lowest BCUT2D eigenvalue weighted by Crippen LogP contribution is -2.31. The number of carbonyl (C=O) groups is 2. The van der Waals surface area contributed by atoms with Crippen molar-refractivity contribution in [1.29, 1.82) is 0 Å². The molecule has 3 amide bonds. The topological polar surface area (TPSA) is 140 Å². The van der Waals surface area contributed by atoms with Crippen molar-refractivity contribution in [2.75, 3.05) is 22.9 Å². The molecule has 5 rings (SSSR count). The summed E-state index contributed by atoms with van der Waals surface area (Å²) in [5.74, 6) is 6.16. The molecule has 4 aromatic rings. The molecule has 190 valence electrons. The first-order valence-corrected chi connectivity index (χ1v) is 12.2. The third kappa shape index (κ3) is 5.39. The van der Waals surface area contributed by atoms with Gasteiger partial charge in [0.1, 0.15) is 16.0 Å². The lowest BCUT2D eigenvalue weighted by molar-refractivity contribution is 0.0945. The van der Waals surface area contributed by atoms with E-state index in [1.54, 1.807) is 30.5 Å². The number of benzene rings is 1. The monoisotopic (exact) mass is 546 g/mol. The molecule has 0 unspecified atom stereocenters. The number of hydrogen-bond donors (Lipinski definition) is 4. The van der Waals surface area contributed by atoms with Gasteiger partial charge in [-0.25, -0.2) is 19.7 Å². The van der Waals surface area contributed by atoms with Crippen LogP contribution in [0.5, 0.6) is 0 Å². The Balaban J connectivity index is 1.39. The average molecular weight is 547 g/mol. The second-order valence-corrected chi connectivity index (χ2v) is 9.13. The van der Waals surface area contributed by atoms with E-state index in [-0.39, 0.29) is 22.2 Å². The van der Waals surface area contributed by atoms with Gasteiger partial charge in [-0.05, 0) is 36.4 Å². The van der Waals surface area contributed by atoms with Crippen molar-refractivity contribution in [2.45, 2.75) is 6.42 Å². The predicted molar refractivity (Wildman–Crippen MR) is 146 cm³/mol. The van der Waals surface area contributed by atoms with E-state index in [4.69, 9.17) is 28.9 Å². The van der Waals surface area contributed by atoms with Crippen molar-refractivity contribution < 1.29 is 9.59 Å². The molecule has 0 aliphatic carbocycles. The Morgan fingerprint density at radius 1 is 1.08 bits per heavy atom. The molecule has 5 N–H and O–H groups in total. The number of fused-ring (bicyclic) bond motifs is 1. The predicted octanol–water partition coefficient (Wildman–Crippen LogP) is 4.10. The van der Waals surface area contributed by atoms with E-state index in [0.29, 0.717) is 52.4 Å². The Morgan fingerprint density at radius 2 is 1.84 bits per heavy atom. The average Bonchev–Trinajstić information content (AvgIpc) is 3.20. The van der Waals surface area contributed by atoms with Crippen molar-refractivity contribution in [1.82, 2.24) is 24.8 Å². The second-order valence-electron chi connectivity index (χ2n) is 8.36. The van der Waals surface area contributed by atoms with Crippen LogP contribution in [0.4, 0.5) is 22.1 Å². The number of nitrogens with one attached hydrogen (secondary N) is 3. The molecule has 0 saturated carbocycles. The largest absolute Gasteiger partial charge is 0.368 e. The van der Waals surface area contributed by atoms with Crippen LogP contribution >= 0.6 is 23.2 Å². The highest BCUT2D eigenvalue weighted by Crippen LogP contribution is 2.28. The third-order valence-corrected chi connectivity index (χ3v) is 6.17. The van der Waals surface area contributed by atoms with Crippen LogP contribution in [0.1, 0.15) is 27.2 Å². The van der Waals surface area contributed by atoms with Gasteiger partial charge in [0, 0.05) is 48.8 Å². The summed E-state index contributed by atoms with van der Waals surface area (Å²) < 4.78 is 1.94. The number of aromatic nitrogens is 4. The lowest BCUT2D eigenvalue weighted by atomic mass is 10.1. The zero-order valence-corrected chi connectivity index (χ0v) is 21.5. The summed E-state index contributed by atoms with van der Waals surface area (Å²) in [6.45, 7) is 0.578. The Kier molecular flexibility index (Phi) is 6.87. The van der Waals surface area contributed by atoms with Crippen molar-refractivity contribution >= 4 is 52.5 Å². The number of urea groups is 1. The van der Waals surface area contributed by atoms with E-state index in [1.807, 2.05) is 17.7 Å². The number of nitrogens with two attached hydrogens (primary N) is 1. The van der Waals surface area contributed by atoms with Crippen LogP contribution in [-0.4, -0.2) is 38.0 Å². The maximum atomic E-state index is 12.4. The SMILES string of the molecule is Cn1c(-c2nc(N)ncc2C#Cc2cccc(NC(=O)Nc3cc(Cl)nc(Cl)c3)c2)cc2c1CCNC2=O. The van der Waals surface area contributed by atoms with E-state index in [9.17, 15) is 9.59 Å². The molecule has 1 aliphatic rings. The fraction of sp³-hybridized carbons (Fsp3) is 0.115. The number of rotatable bonds is 3. The molecule has 0 fully saturated rings. The van der Waals surface area contributed by atoms with Crippen molar-refractivity contribution in [3.05, 3.63) is 81.4 Å². The first-order chi connectivity index (χ1) is 18.3. The van der Waals surface area contributed by atoms with Crippen LogP contribution in [0.25, 0.3) is 11.4 Å². The standard InChI is InChI=1S/C26H20Cl2N8O2/c1-36-19-7-8-30-24(37)18(19)12-20(36)23-15(13-31-25(29)35-23)6-5-14-3-2-4-16(9-14)32-26(38)33-17-10-21(27)34-22(28)11-17/h2-4,9-13H,7-8H2,1H3,(H,30,37)(H2,29,31,35)(H2,32,33,34,38). The Morgan fingerprint density at radius 3 is 2.61 bits per heavy atom. The summed E-state index contributed by atoms with van der Waals surface area (Å²) in [4.78, 5) is 37.1. The quantitative estimate of drug-likeness (QED) is 0.225. The number of carbonyl (C=O) groups excluding carboxylic acids is 2. The first-order valence-electron chi connectivity index (χ1n) is 11.4. The molecule has 0 spiro atoms. The summed E-state index contributed by atoms with van der Waals surface area (Å²) >= 11 is 11.8. The zero-order valence-electron chi connectivity index (χ0n) is 20.0. The minimum atomic E-state index is -0.487. The van der Waals surface area contributed by atoms with Gasteiger partial charge in [0.25, 0.3) is 5.91 Å². The summed E-state index contributed by atoms with van der Waals surface area (Å²) in [7, 11) is 1.89. The molecule has 1 aliphatic heterocycles. The normalized spacial score (nSPS) is 12.1. The number of hydrogen-bond acceptors (Lipinski definition) is 6. The van der Waals surface area contributed by atoms with Gasteiger partial charge in [-0.15, -0.1) is 0 Å². The minimum Gasteiger partial charge on any atom is -0.368 e. The molecule has 0 bridgehead atoms. The van der Waals surface area contributed by atoms with Gasteiger partial charge in [0.05, 0.1) is 16.8 Å². The molecule has 1 aromatic carbocycles. The van der Waals surface area contributed by atoms with E-state index in [0.717, 1.165) is 5.69 Å². The van der Waals surface area contributed by atoms with Crippen LogP contribution in [-0.2, 0) is 13.5 Å². The Labute approximate surface area is 227 Å². The fourth-order valence-corrected chi connectivity index (χ4v) is 4.55. The maximum Gasteiger partial charge on any atom is 0.323 e. The van der Waals surface area contributed by atoms with Crippen LogP contribution in [0.15, 0.2) is 48.7 Å². The Bertz CT molecular complexity index is 1630. The molecule has 0 radical (unpaired) electrons. The van der Waals surface area contributed by atoms with Crippen molar-refractivity contribution in [3.63, 3.8) is 0 Å². The number of anilines is 3. The zero-order chi connectivity index (χ0) is 26.8. The van der Waals surface area contributed by atoms with Crippen LogP contribution in [0.3, 0.4) is 0 Å². The van der Waals surface area contributed by atoms with Gasteiger partial charge in [-0.2, -0.15) is 0 Å². The molecule has 4 heterocycles. The molecular formula is C26H20Cl2N8O2. The van der Waals surface area contributed by atoms with Crippen LogP contribution in [0, 0.1) is 11.8 Å². The van der Waals surface area contributed by atoms with E-state index < -0.39 is 6.03 Å². The van der Waals surface area contributed by atoms with Gasteiger partial charge in [0.15, 0.2) is 0 Å². The molecule has 3 aromatic heterocycles. The third-order valence-electron chi connectivity index (χ3n) is 5.78. The lowest BCUT2D eigenvalue weighted by Gasteiger charge is -2.14. The number of nitrogens with zero attached hydrogens (tertiary/aromatic N) is 4. The highest BCUT2D eigenvalue weighted by Gasteiger charge is 2.24. The molecular weight excluding hydrogens is 527 g/mol. The van der Waals surface area contributed by atoms with E-state index in [2.05, 4.69) is 42.7 Å². The number of halogens is 2. The molecule has 0 saturated heterocycles. The van der Waals surface area contributed by atoms with Gasteiger partial charge in [-0.1, -0.05) is 41.1 Å². The van der Waals surface area contributed by atoms with Crippen molar-refractivity contribution in [2.24, 2.45) is 7.05 Å². The number of nitrogen functional groups attached to an aromatic ring is 1.